The van der Waals surface area contributed by atoms with Gasteiger partial charge in [-0.1, -0.05) is 6.07 Å². The van der Waals surface area contributed by atoms with Crippen LogP contribution in [-0.2, 0) is 0 Å². The molecule has 0 aliphatic carbocycles. The summed E-state index contributed by atoms with van der Waals surface area (Å²) < 4.78 is 0. The zero-order chi connectivity index (χ0) is 15.6. The van der Waals surface area contributed by atoms with Crippen molar-refractivity contribution in [3.63, 3.8) is 0 Å². The molecule has 1 heterocycles. The first-order valence-electron chi connectivity index (χ1n) is 5.73. The molecule has 0 amide bonds. The number of nitro groups is 1. The first-order valence-corrected chi connectivity index (χ1v) is 5.73. The lowest BCUT2D eigenvalue weighted by molar-refractivity contribution is -0.384. The summed E-state index contributed by atoms with van der Waals surface area (Å²) in [5.41, 5.74) is -1.14. The van der Waals surface area contributed by atoms with Gasteiger partial charge in [0.25, 0.3) is 11.2 Å². The standard InChI is InChI=1S/C12H10N4O5/c1-6-2-3-7(16(20)21)4-9(6)13-5-8-10(17)14-12(19)15-11(8)18/h2-5H,1H3,(H3,14,15,17,18,19). The third-order valence-corrected chi connectivity index (χ3v) is 2.70. The molecule has 1 aromatic carbocycles. The topological polar surface area (TPSA) is 141 Å². The van der Waals surface area contributed by atoms with E-state index in [0.717, 1.165) is 6.21 Å². The number of nitrogens with one attached hydrogen (secondary N) is 2. The molecule has 1 aromatic heterocycles. The van der Waals surface area contributed by atoms with Gasteiger partial charge < -0.3 is 5.11 Å². The SMILES string of the molecule is Cc1ccc([N+](=O)[O-])cc1N=Cc1c(O)[nH]c(=O)[nH]c1=O. The van der Waals surface area contributed by atoms with E-state index < -0.39 is 22.1 Å². The van der Waals surface area contributed by atoms with Crippen molar-refractivity contribution in [2.75, 3.05) is 0 Å². The summed E-state index contributed by atoms with van der Waals surface area (Å²) in [5.74, 6) is -0.629. The van der Waals surface area contributed by atoms with Crippen LogP contribution < -0.4 is 11.2 Å². The Kier molecular flexibility index (Phi) is 3.65. The van der Waals surface area contributed by atoms with Crippen molar-refractivity contribution in [2.24, 2.45) is 4.99 Å². The average Bonchev–Trinajstić information content (AvgIpc) is 2.39. The highest BCUT2D eigenvalue weighted by molar-refractivity contribution is 5.84. The number of aromatic hydroxyl groups is 1. The number of aromatic nitrogens is 2. The van der Waals surface area contributed by atoms with Crippen LogP contribution in [0, 0.1) is 17.0 Å². The monoisotopic (exact) mass is 290 g/mol. The van der Waals surface area contributed by atoms with Gasteiger partial charge in [0.2, 0.25) is 5.88 Å². The lowest BCUT2D eigenvalue weighted by Gasteiger charge is -2.00. The number of nitro benzene ring substituents is 1. The van der Waals surface area contributed by atoms with E-state index in [1.165, 1.54) is 18.2 Å². The van der Waals surface area contributed by atoms with Gasteiger partial charge in [-0.3, -0.25) is 29.9 Å². The number of benzene rings is 1. The van der Waals surface area contributed by atoms with E-state index in [1.807, 2.05) is 9.97 Å². The van der Waals surface area contributed by atoms with Crippen molar-refractivity contribution < 1.29 is 10.0 Å². The second-order valence-corrected chi connectivity index (χ2v) is 4.16. The Morgan fingerprint density at radius 3 is 2.67 bits per heavy atom. The molecule has 21 heavy (non-hydrogen) atoms. The minimum atomic E-state index is -0.846. The second kappa shape index (κ2) is 5.41. The zero-order valence-electron chi connectivity index (χ0n) is 10.8. The normalized spacial score (nSPS) is 10.9. The molecule has 0 saturated carbocycles. The molecular weight excluding hydrogens is 280 g/mol. The highest BCUT2D eigenvalue weighted by Crippen LogP contribution is 2.24. The molecule has 0 aliphatic rings. The Balaban J connectivity index is 2.47. The van der Waals surface area contributed by atoms with Gasteiger partial charge in [0.1, 0.15) is 5.56 Å². The number of nitrogens with zero attached hydrogens (tertiary/aromatic N) is 2. The van der Waals surface area contributed by atoms with Gasteiger partial charge >= 0.3 is 5.69 Å². The number of aryl methyl sites for hydroxylation is 1. The molecule has 0 bridgehead atoms. The minimum Gasteiger partial charge on any atom is -0.494 e. The van der Waals surface area contributed by atoms with Crippen LogP contribution in [-0.4, -0.2) is 26.2 Å². The van der Waals surface area contributed by atoms with Crippen molar-refractivity contribution in [2.45, 2.75) is 6.92 Å². The summed E-state index contributed by atoms with van der Waals surface area (Å²) in [5, 5.41) is 20.2. The highest BCUT2D eigenvalue weighted by Gasteiger charge is 2.09. The third-order valence-electron chi connectivity index (χ3n) is 2.70. The Morgan fingerprint density at radius 2 is 2.05 bits per heavy atom. The van der Waals surface area contributed by atoms with Gasteiger partial charge in [-0.2, -0.15) is 0 Å². The predicted molar refractivity (Wildman–Crippen MR) is 74.4 cm³/mol. The summed E-state index contributed by atoms with van der Waals surface area (Å²) in [6, 6.07) is 4.09. The van der Waals surface area contributed by atoms with Crippen LogP contribution in [0.25, 0.3) is 0 Å². The fourth-order valence-electron chi connectivity index (χ4n) is 1.59. The van der Waals surface area contributed by atoms with E-state index in [1.54, 1.807) is 6.92 Å². The summed E-state index contributed by atoms with van der Waals surface area (Å²) in [4.78, 5) is 40.4. The third kappa shape index (κ3) is 3.03. The fourth-order valence-corrected chi connectivity index (χ4v) is 1.59. The van der Waals surface area contributed by atoms with Gasteiger partial charge in [0.15, 0.2) is 0 Å². The molecule has 0 unspecified atom stereocenters. The smallest absolute Gasteiger partial charge is 0.328 e. The van der Waals surface area contributed by atoms with Gasteiger partial charge in [0.05, 0.1) is 10.6 Å². The number of aliphatic imine (C=N–C) groups is 1. The van der Waals surface area contributed by atoms with Crippen LogP contribution in [0.4, 0.5) is 11.4 Å². The lowest BCUT2D eigenvalue weighted by atomic mass is 10.2. The largest absolute Gasteiger partial charge is 0.494 e. The number of H-pyrrole nitrogens is 2. The van der Waals surface area contributed by atoms with Crippen LogP contribution in [0.2, 0.25) is 0 Å². The van der Waals surface area contributed by atoms with E-state index >= 15 is 0 Å². The van der Waals surface area contributed by atoms with Crippen LogP contribution in [0.3, 0.4) is 0 Å². The summed E-state index contributed by atoms with van der Waals surface area (Å²) in [7, 11) is 0. The number of hydrogen-bond donors (Lipinski definition) is 3. The van der Waals surface area contributed by atoms with Crippen molar-refractivity contribution >= 4 is 17.6 Å². The van der Waals surface area contributed by atoms with E-state index in [2.05, 4.69) is 4.99 Å². The minimum absolute atomic E-state index is 0.146. The Hall–Kier alpha value is -3.23. The summed E-state index contributed by atoms with van der Waals surface area (Å²) in [6.07, 6.45) is 1.02. The molecule has 108 valence electrons. The summed E-state index contributed by atoms with van der Waals surface area (Å²) >= 11 is 0. The maximum absolute atomic E-state index is 11.5. The molecule has 2 rings (SSSR count). The Bertz CT molecular complexity index is 849. The molecule has 3 N–H and O–H groups in total. The Morgan fingerprint density at radius 1 is 1.33 bits per heavy atom. The predicted octanol–water partition coefficient (Wildman–Crippen LogP) is 0.736. The van der Waals surface area contributed by atoms with Crippen LogP contribution >= 0.6 is 0 Å². The molecule has 0 spiro atoms. The number of hydrogen-bond acceptors (Lipinski definition) is 6. The molecule has 0 fully saturated rings. The van der Waals surface area contributed by atoms with E-state index in [4.69, 9.17) is 0 Å². The fraction of sp³-hybridized carbons (Fsp3) is 0.0833. The van der Waals surface area contributed by atoms with Crippen LogP contribution in [0.15, 0.2) is 32.8 Å². The molecular formula is C12H10N4O5. The Labute approximate surface area is 116 Å². The van der Waals surface area contributed by atoms with Crippen molar-refractivity contribution in [3.8, 4) is 5.88 Å². The number of non-ortho nitro benzene ring substituents is 1. The average molecular weight is 290 g/mol. The molecule has 0 saturated heterocycles. The van der Waals surface area contributed by atoms with E-state index in [9.17, 15) is 24.8 Å². The van der Waals surface area contributed by atoms with Crippen molar-refractivity contribution in [3.05, 3.63) is 60.3 Å². The van der Waals surface area contributed by atoms with Gasteiger partial charge in [-0.05, 0) is 12.5 Å². The molecule has 9 heteroatoms. The molecule has 0 atom stereocenters. The highest BCUT2D eigenvalue weighted by atomic mass is 16.6. The maximum atomic E-state index is 11.5. The maximum Gasteiger partial charge on any atom is 0.328 e. The first kappa shape index (κ1) is 14.2. The van der Waals surface area contributed by atoms with E-state index in [0.29, 0.717) is 5.56 Å². The van der Waals surface area contributed by atoms with Crippen LogP contribution in [0.5, 0.6) is 5.88 Å². The van der Waals surface area contributed by atoms with Gasteiger partial charge in [0, 0.05) is 18.3 Å². The quantitative estimate of drug-likeness (QED) is 0.434. The number of rotatable bonds is 3. The van der Waals surface area contributed by atoms with Gasteiger partial charge in [-0.15, -0.1) is 0 Å². The lowest BCUT2D eigenvalue weighted by Crippen LogP contribution is -2.24. The van der Waals surface area contributed by atoms with Crippen molar-refractivity contribution in [1.82, 2.24) is 9.97 Å². The van der Waals surface area contributed by atoms with Crippen molar-refractivity contribution in [1.29, 1.82) is 0 Å². The second-order valence-electron chi connectivity index (χ2n) is 4.16. The molecule has 2 aromatic rings. The molecule has 0 aliphatic heterocycles. The zero-order valence-corrected chi connectivity index (χ0v) is 10.8. The van der Waals surface area contributed by atoms with E-state index in [-0.39, 0.29) is 16.9 Å². The van der Waals surface area contributed by atoms with Gasteiger partial charge in [-0.25, -0.2) is 4.79 Å². The first-order chi connectivity index (χ1) is 9.88. The molecule has 0 radical (unpaired) electrons. The summed E-state index contributed by atoms with van der Waals surface area (Å²) in [6.45, 7) is 1.69. The van der Waals surface area contributed by atoms with Crippen LogP contribution in [0.1, 0.15) is 11.1 Å². The molecule has 9 nitrogen and oxygen atoms in total. The number of aromatic amines is 2.